The Bertz CT molecular complexity index is 536. The molecule has 1 aromatic heterocycles. The van der Waals surface area contributed by atoms with Crippen LogP contribution >= 0.6 is 49.0 Å². The standard InChI is InChI=1S/C17H26N4O3S.3ClH/c22-17(19-14-21-7-11-24-12-8-21)15(13-20-5-9-23-10-6-20)25-16-3-1-2-4-18-16;;;/h1-4,15H,5-14H2,(H,19,22);3*1H. The lowest BCUT2D eigenvalue weighted by Gasteiger charge is -2.31. The van der Waals surface area contributed by atoms with E-state index in [1.807, 2.05) is 18.2 Å². The molecule has 0 radical (unpaired) electrons. The molecule has 2 aliphatic rings. The van der Waals surface area contributed by atoms with Gasteiger partial charge in [-0.1, -0.05) is 17.8 Å². The molecule has 1 aromatic rings. The number of halogens is 3. The number of amides is 1. The summed E-state index contributed by atoms with van der Waals surface area (Å²) in [5.74, 6) is 0.0636. The zero-order valence-corrected chi connectivity index (χ0v) is 18.9. The third-order valence-electron chi connectivity index (χ3n) is 4.30. The lowest BCUT2D eigenvalue weighted by molar-refractivity contribution is -0.122. The molecule has 1 unspecified atom stereocenters. The van der Waals surface area contributed by atoms with Crippen LogP contribution < -0.4 is 5.32 Å². The van der Waals surface area contributed by atoms with Gasteiger partial charge < -0.3 is 14.8 Å². The first-order valence-electron chi connectivity index (χ1n) is 8.77. The molecular formula is C17H29Cl3N4O3S. The Morgan fingerprint density at radius 2 is 1.64 bits per heavy atom. The van der Waals surface area contributed by atoms with Crippen LogP contribution in [0, 0.1) is 0 Å². The highest BCUT2D eigenvalue weighted by Crippen LogP contribution is 2.22. The SMILES string of the molecule is Cl.Cl.Cl.O=C(NCN1CCOCC1)C(CN1CCOCC1)Sc1ccccn1. The molecule has 28 heavy (non-hydrogen) atoms. The van der Waals surface area contributed by atoms with Crippen molar-refractivity contribution in [3.8, 4) is 0 Å². The molecule has 0 spiro atoms. The van der Waals surface area contributed by atoms with Crippen molar-refractivity contribution in [2.75, 3.05) is 65.8 Å². The Hall–Kier alpha value is -0.320. The van der Waals surface area contributed by atoms with Crippen LogP contribution in [0.1, 0.15) is 0 Å². The van der Waals surface area contributed by atoms with E-state index in [1.54, 1.807) is 6.20 Å². The number of morpholine rings is 2. The van der Waals surface area contributed by atoms with Crippen LogP contribution in [-0.2, 0) is 14.3 Å². The van der Waals surface area contributed by atoms with E-state index >= 15 is 0 Å². The largest absolute Gasteiger partial charge is 0.379 e. The maximum absolute atomic E-state index is 12.8. The number of thioether (sulfide) groups is 1. The number of carbonyl (C=O) groups excluding carboxylic acids is 1. The summed E-state index contributed by atoms with van der Waals surface area (Å²) in [6.45, 7) is 7.68. The minimum atomic E-state index is -0.186. The van der Waals surface area contributed by atoms with Gasteiger partial charge in [0.2, 0.25) is 5.91 Å². The van der Waals surface area contributed by atoms with E-state index in [0.29, 0.717) is 13.2 Å². The van der Waals surface area contributed by atoms with Crippen LogP contribution in [0.5, 0.6) is 0 Å². The molecule has 0 aliphatic carbocycles. The van der Waals surface area contributed by atoms with Gasteiger partial charge in [-0.3, -0.25) is 14.6 Å². The minimum Gasteiger partial charge on any atom is -0.379 e. The van der Waals surface area contributed by atoms with Gasteiger partial charge in [-0.25, -0.2) is 4.98 Å². The molecule has 11 heteroatoms. The third kappa shape index (κ3) is 9.45. The average molecular weight is 476 g/mol. The number of ether oxygens (including phenoxy) is 2. The predicted molar refractivity (Wildman–Crippen MR) is 118 cm³/mol. The zero-order valence-electron chi connectivity index (χ0n) is 15.7. The van der Waals surface area contributed by atoms with Gasteiger partial charge >= 0.3 is 0 Å². The molecular weight excluding hydrogens is 447 g/mol. The fourth-order valence-electron chi connectivity index (χ4n) is 2.82. The lowest BCUT2D eigenvalue weighted by atomic mass is 10.3. The van der Waals surface area contributed by atoms with E-state index in [4.69, 9.17) is 9.47 Å². The maximum Gasteiger partial charge on any atom is 0.235 e. The van der Waals surface area contributed by atoms with Crippen molar-refractivity contribution in [2.45, 2.75) is 10.3 Å². The van der Waals surface area contributed by atoms with Gasteiger partial charge in [0.05, 0.1) is 38.1 Å². The number of pyridine rings is 1. The first-order chi connectivity index (χ1) is 12.3. The van der Waals surface area contributed by atoms with Crippen molar-refractivity contribution in [3.63, 3.8) is 0 Å². The highest BCUT2D eigenvalue weighted by molar-refractivity contribution is 8.00. The van der Waals surface area contributed by atoms with Gasteiger partial charge in [-0.05, 0) is 12.1 Å². The second-order valence-corrected chi connectivity index (χ2v) is 7.34. The van der Waals surface area contributed by atoms with Gasteiger partial charge in [-0.2, -0.15) is 0 Å². The maximum atomic E-state index is 12.8. The van der Waals surface area contributed by atoms with E-state index in [9.17, 15) is 4.79 Å². The summed E-state index contributed by atoms with van der Waals surface area (Å²) >= 11 is 1.53. The Labute approximate surface area is 189 Å². The number of aromatic nitrogens is 1. The molecule has 1 atom stereocenters. The van der Waals surface area contributed by atoms with Gasteiger partial charge in [0.15, 0.2) is 0 Å². The van der Waals surface area contributed by atoms with Crippen LogP contribution in [0.25, 0.3) is 0 Å². The van der Waals surface area contributed by atoms with Crippen molar-refractivity contribution < 1.29 is 14.3 Å². The fourth-order valence-corrected chi connectivity index (χ4v) is 3.86. The molecule has 2 fully saturated rings. The van der Waals surface area contributed by atoms with Crippen molar-refractivity contribution in [1.82, 2.24) is 20.1 Å². The van der Waals surface area contributed by atoms with Gasteiger partial charge in [0.25, 0.3) is 0 Å². The van der Waals surface area contributed by atoms with E-state index in [2.05, 4.69) is 20.1 Å². The normalized spacial score (nSPS) is 18.7. The van der Waals surface area contributed by atoms with Crippen molar-refractivity contribution in [2.24, 2.45) is 0 Å². The monoisotopic (exact) mass is 474 g/mol. The molecule has 162 valence electrons. The van der Waals surface area contributed by atoms with E-state index in [-0.39, 0.29) is 48.4 Å². The first kappa shape index (κ1) is 27.7. The highest BCUT2D eigenvalue weighted by atomic mass is 35.5. The molecule has 0 bridgehead atoms. The predicted octanol–water partition coefficient (Wildman–Crippen LogP) is 1.55. The number of carbonyl (C=O) groups is 1. The van der Waals surface area contributed by atoms with E-state index < -0.39 is 0 Å². The number of nitrogens with one attached hydrogen (secondary N) is 1. The Morgan fingerprint density at radius 1 is 1.04 bits per heavy atom. The van der Waals surface area contributed by atoms with E-state index in [0.717, 1.165) is 57.6 Å². The van der Waals surface area contributed by atoms with E-state index in [1.165, 1.54) is 11.8 Å². The Kier molecular flexibility index (Phi) is 15.3. The van der Waals surface area contributed by atoms with Gasteiger partial charge in [0, 0.05) is 38.9 Å². The summed E-state index contributed by atoms with van der Waals surface area (Å²) in [6, 6.07) is 5.79. The average Bonchev–Trinajstić information content (AvgIpc) is 2.68. The minimum absolute atomic E-state index is 0. The quantitative estimate of drug-likeness (QED) is 0.600. The highest BCUT2D eigenvalue weighted by Gasteiger charge is 2.25. The lowest BCUT2D eigenvalue weighted by Crippen LogP contribution is -2.49. The summed E-state index contributed by atoms with van der Waals surface area (Å²) in [5, 5.41) is 3.78. The Morgan fingerprint density at radius 3 is 2.21 bits per heavy atom. The molecule has 1 N–H and O–H groups in total. The zero-order chi connectivity index (χ0) is 17.3. The van der Waals surface area contributed by atoms with Gasteiger partial charge in [0.1, 0.15) is 5.25 Å². The number of hydrogen-bond acceptors (Lipinski definition) is 7. The molecule has 0 saturated carbocycles. The molecule has 2 aliphatic heterocycles. The smallest absolute Gasteiger partial charge is 0.235 e. The summed E-state index contributed by atoms with van der Waals surface area (Å²) in [5.41, 5.74) is 0. The fraction of sp³-hybridized carbons (Fsp3) is 0.647. The number of nitrogens with zero attached hydrogens (tertiary/aromatic N) is 3. The van der Waals surface area contributed by atoms with Gasteiger partial charge in [-0.15, -0.1) is 37.2 Å². The topological polar surface area (TPSA) is 66.9 Å². The third-order valence-corrected chi connectivity index (χ3v) is 5.43. The molecule has 0 aromatic carbocycles. The molecule has 3 rings (SSSR count). The van der Waals surface area contributed by atoms with Crippen LogP contribution in [0.4, 0.5) is 0 Å². The van der Waals surface area contributed by atoms with Crippen LogP contribution in [0.3, 0.4) is 0 Å². The Balaban J connectivity index is 0.00000243. The van der Waals surface area contributed by atoms with Crippen LogP contribution in [0.15, 0.2) is 29.4 Å². The van der Waals surface area contributed by atoms with Crippen LogP contribution in [0.2, 0.25) is 0 Å². The molecule has 1 amide bonds. The second kappa shape index (κ2) is 15.5. The number of rotatable bonds is 7. The summed E-state index contributed by atoms with van der Waals surface area (Å²) < 4.78 is 10.8. The van der Waals surface area contributed by atoms with Crippen molar-refractivity contribution in [1.29, 1.82) is 0 Å². The van der Waals surface area contributed by atoms with Crippen molar-refractivity contribution >= 4 is 54.9 Å². The first-order valence-corrected chi connectivity index (χ1v) is 9.65. The molecule has 3 heterocycles. The van der Waals surface area contributed by atoms with Crippen LogP contribution in [-0.4, -0.2) is 91.8 Å². The number of hydrogen-bond donors (Lipinski definition) is 1. The second-order valence-electron chi connectivity index (χ2n) is 6.12. The molecule has 2 saturated heterocycles. The molecule has 7 nitrogen and oxygen atoms in total. The summed E-state index contributed by atoms with van der Waals surface area (Å²) in [6.07, 6.45) is 1.76. The van der Waals surface area contributed by atoms with Crippen molar-refractivity contribution in [3.05, 3.63) is 24.4 Å². The summed E-state index contributed by atoms with van der Waals surface area (Å²) in [7, 11) is 0. The summed E-state index contributed by atoms with van der Waals surface area (Å²) in [4.78, 5) is 21.6.